The number of hydrogen-bond donors (Lipinski definition) is 1. The zero-order chi connectivity index (χ0) is 26.8. The Labute approximate surface area is 230 Å². The number of carbonyl (C=O) groups is 1. The van der Waals surface area contributed by atoms with Crippen LogP contribution in [0.5, 0.6) is 5.75 Å². The van der Waals surface area contributed by atoms with Crippen molar-refractivity contribution >= 4 is 38.9 Å². The molecule has 0 atom stereocenters. The van der Waals surface area contributed by atoms with Gasteiger partial charge in [-0.15, -0.1) is 11.3 Å². The Kier molecular flexibility index (Phi) is 7.93. The lowest BCUT2D eigenvalue weighted by Gasteiger charge is -2.37. The molecule has 0 aliphatic heterocycles. The maximum absolute atomic E-state index is 14.7. The molecule has 1 aliphatic rings. The number of carbonyl (C=O) groups excluding carboxylic acids is 1. The molecule has 2 heterocycles. The standard InChI is InChI=1S/C29H30ClFN4O2S/c1-17-4-10-22(31)27-25(17)26(30)28(38-27)29(36)35(21-8-6-20(32-2)7-9-21)16-19-14-18(5-11-24(19)37-3)23-15-33-12-13-34-23/h4-5,10-15,20-21,32H,6-9,16H2,1-3H3/t20-,21-. The van der Waals surface area contributed by atoms with E-state index in [1.54, 1.807) is 31.8 Å². The summed E-state index contributed by atoms with van der Waals surface area (Å²) in [6.45, 7) is 2.21. The summed E-state index contributed by atoms with van der Waals surface area (Å²) in [6, 6.07) is 9.41. The number of fused-ring (bicyclic) bond motifs is 1. The molecule has 4 aromatic rings. The fourth-order valence-electron chi connectivity index (χ4n) is 5.29. The molecule has 1 amide bonds. The number of aryl methyl sites for hydroxylation is 1. The van der Waals surface area contributed by atoms with Crippen molar-refractivity contribution in [3.63, 3.8) is 0 Å². The van der Waals surface area contributed by atoms with Gasteiger partial charge in [-0.25, -0.2) is 4.39 Å². The first kappa shape index (κ1) is 26.5. The van der Waals surface area contributed by atoms with Gasteiger partial charge in [0.1, 0.15) is 16.4 Å². The lowest BCUT2D eigenvalue weighted by molar-refractivity contribution is 0.0604. The van der Waals surface area contributed by atoms with Crippen LogP contribution in [0.15, 0.2) is 48.9 Å². The topological polar surface area (TPSA) is 67.3 Å². The van der Waals surface area contributed by atoms with Gasteiger partial charge in [-0.2, -0.15) is 0 Å². The highest BCUT2D eigenvalue weighted by molar-refractivity contribution is 7.21. The van der Waals surface area contributed by atoms with Gasteiger partial charge in [-0.3, -0.25) is 14.8 Å². The van der Waals surface area contributed by atoms with Crippen LogP contribution in [0.25, 0.3) is 21.3 Å². The molecule has 6 nitrogen and oxygen atoms in total. The minimum atomic E-state index is -0.365. The molecule has 2 aromatic carbocycles. The number of halogens is 2. The number of benzene rings is 2. The SMILES string of the molecule is CN[C@H]1CC[C@H](N(Cc2cc(-c3cnccn3)ccc2OC)C(=O)c2sc3c(F)ccc(C)c3c2Cl)CC1. The van der Waals surface area contributed by atoms with Crippen LogP contribution >= 0.6 is 22.9 Å². The Balaban J connectivity index is 1.56. The Morgan fingerprint density at radius 3 is 2.66 bits per heavy atom. The Morgan fingerprint density at radius 2 is 2.00 bits per heavy atom. The molecule has 9 heteroatoms. The first-order valence-electron chi connectivity index (χ1n) is 12.7. The van der Waals surface area contributed by atoms with Crippen LogP contribution in [0, 0.1) is 12.7 Å². The third kappa shape index (κ3) is 5.13. The maximum Gasteiger partial charge on any atom is 0.266 e. The van der Waals surface area contributed by atoms with E-state index in [4.69, 9.17) is 16.3 Å². The lowest BCUT2D eigenvalue weighted by Crippen LogP contribution is -2.44. The Bertz CT molecular complexity index is 1450. The molecule has 0 unspecified atom stereocenters. The third-order valence-corrected chi connectivity index (χ3v) is 9.10. The van der Waals surface area contributed by atoms with Crippen molar-refractivity contribution in [3.05, 3.63) is 75.8 Å². The van der Waals surface area contributed by atoms with Gasteiger partial charge >= 0.3 is 0 Å². The van der Waals surface area contributed by atoms with Crippen LogP contribution in [0.4, 0.5) is 4.39 Å². The molecular formula is C29H30ClFN4O2S. The van der Waals surface area contributed by atoms with Gasteiger partial charge in [0.2, 0.25) is 0 Å². The summed E-state index contributed by atoms with van der Waals surface area (Å²) in [6.07, 6.45) is 8.65. The molecule has 1 aliphatic carbocycles. The highest BCUT2D eigenvalue weighted by atomic mass is 35.5. The highest BCUT2D eigenvalue weighted by Crippen LogP contribution is 2.41. The number of amides is 1. The number of aromatic nitrogens is 2. The van der Waals surface area contributed by atoms with E-state index in [-0.39, 0.29) is 17.8 Å². The van der Waals surface area contributed by atoms with Crippen molar-refractivity contribution in [1.82, 2.24) is 20.2 Å². The molecule has 5 rings (SSSR count). The van der Waals surface area contributed by atoms with Crippen molar-refractivity contribution in [2.24, 2.45) is 0 Å². The smallest absolute Gasteiger partial charge is 0.266 e. The molecule has 198 valence electrons. The zero-order valence-corrected chi connectivity index (χ0v) is 23.2. The number of rotatable bonds is 7. The van der Waals surface area contributed by atoms with Crippen LogP contribution < -0.4 is 10.1 Å². The molecule has 1 saturated carbocycles. The molecule has 0 radical (unpaired) electrons. The van der Waals surface area contributed by atoms with E-state index in [1.807, 2.05) is 37.1 Å². The van der Waals surface area contributed by atoms with Gasteiger partial charge in [0.15, 0.2) is 0 Å². The number of methoxy groups -OCH3 is 1. The van der Waals surface area contributed by atoms with Crippen LogP contribution in [0.2, 0.25) is 5.02 Å². The number of hydrogen-bond acceptors (Lipinski definition) is 6. The second-order valence-corrected chi connectivity index (χ2v) is 11.1. The number of nitrogens with one attached hydrogen (secondary N) is 1. The maximum atomic E-state index is 14.7. The van der Waals surface area contributed by atoms with Gasteiger partial charge in [0.25, 0.3) is 5.91 Å². The minimum Gasteiger partial charge on any atom is -0.496 e. The Morgan fingerprint density at radius 1 is 1.21 bits per heavy atom. The zero-order valence-electron chi connectivity index (χ0n) is 21.6. The minimum absolute atomic E-state index is 0.0178. The number of nitrogens with zero attached hydrogens (tertiary/aromatic N) is 3. The van der Waals surface area contributed by atoms with Crippen molar-refractivity contribution in [2.75, 3.05) is 14.2 Å². The summed E-state index contributed by atoms with van der Waals surface area (Å²) < 4.78 is 20.8. The fraction of sp³-hybridized carbons (Fsp3) is 0.345. The van der Waals surface area contributed by atoms with Gasteiger partial charge in [-0.1, -0.05) is 17.7 Å². The largest absolute Gasteiger partial charge is 0.496 e. The monoisotopic (exact) mass is 552 g/mol. The van der Waals surface area contributed by atoms with Gasteiger partial charge < -0.3 is 15.0 Å². The quantitative estimate of drug-likeness (QED) is 0.278. The summed E-state index contributed by atoms with van der Waals surface area (Å²) in [7, 11) is 3.60. The average Bonchev–Trinajstić information content (AvgIpc) is 3.32. The fourth-order valence-corrected chi connectivity index (χ4v) is 6.92. The highest BCUT2D eigenvalue weighted by Gasteiger charge is 2.32. The summed E-state index contributed by atoms with van der Waals surface area (Å²) in [5, 5.41) is 4.29. The number of ether oxygens (including phenoxy) is 1. The van der Waals surface area contributed by atoms with Crippen LogP contribution in [-0.4, -0.2) is 47.0 Å². The average molecular weight is 553 g/mol. The van der Waals surface area contributed by atoms with E-state index >= 15 is 0 Å². The van der Waals surface area contributed by atoms with E-state index in [0.717, 1.165) is 59.4 Å². The third-order valence-electron chi connectivity index (χ3n) is 7.42. The molecule has 1 fully saturated rings. The summed E-state index contributed by atoms with van der Waals surface area (Å²) in [5.74, 6) is 0.134. The first-order valence-corrected chi connectivity index (χ1v) is 13.9. The summed E-state index contributed by atoms with van der Waals surface area (Å²) in [5.41, 5.74) is 3.33. The van der Waals surface area contributed by atoms with E-state index in [9.17, 15) is 9.18 Å². The van der Waals surface area contributed by atoms with Crippen molar-refractivity contribution < 1.29 is 13.9 Å². The van der Waals surface area contributed by atoms with E-state index in [1.165, 1.54) is 6.07 Å². The molecule has 1 N–H and O–H groups in total. The van der Waals surface area contributed by atoms with Crippen LogP contribution in [0.1, 0.15) is 46.5 Å². The molecule has 0 saturated heterocycles. The van der Waals surface area contributed by atoms with E-state index in [0.29, 0.717) is 38.3 Å². The van der Waals surface area contributed by atoms with Gasteiger partial charge in [0, 0.05) is 47.5 Å². The second kappa shape index (κ2) is 11.4. The van der Waals surface area contributed by atoms with E-state index < -0.39 is 0 Å². The van der Waals surface area contributed by atoms with Crippen molar-refractivity contribution in [2.45, 2.75) is 51.2 Å². The molecule has 0 spiro atoms. The normalized spacial score (nSPS) is 17.5. The predicted molar refractivity (Wildman–Crippen MR) is 151 cm³/mol. The van der Waals surface area contributed by atoms with Crippen molar-refractivity contribution in [1.29, 1.82) is 0 Å². The number of thiophene rings is 1. The van der Waals surface area contributed by atoms with Gasteiger partial charge in [0.05, 0.1) is 28.7 Å². The Hall–Kier alpha value is -3.07. The van der Waals surface area contributed by atoms with E-state index in [2.05, 4.69) is 15.3 Å². The first-order chi connectivity index (χ1) is 18.4. The van der Waals surface area contributed by atoms with Crippen LogP contribution in [-0.2, 0) is 6.54 Å². The summed E-state index contributed by atoms with van der Waals surface area (Å²) in [4.78, 5) is 25.1. The van der Waals surface area contributed by atoms with Gasteiger partial charge in [-0.05, 0) is 69.5 Å². The summed E-state index contributed by atoms with van der Waals surface area (Å²) >= 11 is 7.90. The molecule has 2 aromatic heterocycles. The molecular weight excluding hydrogens is 523 g/mol. The predicted octanol–water partition coefficient (Wildman–Crippen LogP) is 6.64. The molecule has 0 bridgehead atoms. The molecule has 38 heavy (non-hydrogen) atoms. The lowest BCUT2D eigenvalue weighted by atomic mass is 9.89. The van der Waals surface area contributed by atoms with Crippen molar-refractivity contribution in [3.8, 4) is 17.0 Å². The second-order valence-electron chi connectivity index (χ2n) is 9.66. The van der Waals surface area contributed by atoms with Crippen LogP contribution in [0.3, 0.4) is 0 Å².